The fourth-order valence-corrected chi connectivity index (χ4v) is 8.40. The Morgan fingerprint density at radius 3 is 1.96 bits per heavy atom. The molecule has 1 fully saturated rings. The molecule has 2 aliphatic heterocycles. The molecule has 288 valence electrons. The Bertz CT molecular complexity index is 2710. The molecule has 0 aliphatic carbocycles. The van der Waals surface area contributed by atoms with Crippen LogP contribution in [0.3, 0.4) is 0 Å². The Labute approximate surface area is 347 Å². The SMILES string of the molecule is Cc1cc2c(cc1C)[N@@+]1(c3cccc(C(C)(C)C)c3)[CH-][N+]21c1[c-]c(Oc2[c-]c3c(cc2)c2ccccc2n3-c2cc(C(C)(C)C)ccn2)cc(C(C)(C)C)c1.[Pt]. The summed E-state index contributed by atoms with van der Waals surface area (Å²) in [6.07, 6.45) is 1.91. The number of para-hydroxylation sites is 1. The fraction of sp³-hybridized carbons (Fsp3) is 0.280. The first kappa shape index (κ1) is 38.3. The molecule has 2 aromatic heterocycles. The molecule has 56 heavy (non-hydrogen) atoms. The van der Waals surface area contributed by atoms with E-state index in [-0.39, 0.29) is 37.3 Å². The molecule has 2 aliphatic rings. The number of ether oxygens (including phenoxy) is 1. The summed E-state index contributed by atoms with van der Waals surface area (Å²) in [5, 5.41) is 2.27. The monoisotopic (exact) mass is 918 g/mol. The zero-order valence-electron chi connectivity index (χ0n) is 34.4. The van der Waals surface area contributed by atoms with Crippen molar-refractivity contribution in [2.24, 2.45) is 0 Å². The largest absolute Gasteiger partial charge is 0.509 e. The number of aromatic nitrogens is 2. The first-order valence-corrected chi connectivity index (χ1v) is 19.5. The van der Waals surface area contributed by atoms with Crippen LogP contribution in [0.2, 0.25) is 0 Å². The summed E-state index contributed by atoms with van der Waals surface area (Å²) in [6.45, 7) is 27.3. The van der Waals surface area contributed by atoms with E-state index in [0.717, 1.165) is 33.3 Å². The molecule has 0 spiro atoms. The van der Waals surface area contributed by atoms with Crippen molar-refractivity contribution >= 4 is 44.6 Å². The normalized spacial score (nSPS) is 18.9. The van der Waals surface area contributed by atoms with Gasteiger partial charge in [0.05, 0.1) is 5.69 Å². The van der Waals surface area contributed by atoms with Crippen LogP contribution < -0.4 is 13.9 Å². The predicted molar refractivity (Wildman–Crippen MR) is 228 cm³/mol. The number of quaternary nitrogens is 2. The Kier molecular flexibility index (Phi) is 8.72. The quantitative estimate of drug-likeness (QED) is 0.0977. The van der Waals surface area contributed by atoms with Gasteiger partial charge in [0.15, 0.2) is 12.4 Å². The molecule has 1 unspecified atom stereocenters. The molecule has 5 nitrogen and oxygen atoms in total. The minimum absolute atomic E-state index is 0. The third-order valence-corrected chi connectivity index (χ3v) is 11.9. The van der Waals surface area contributed by atoms with Crippen molar-refractivity contribution in [2.75, 3.05) is 0 Å². The van der Waals surface area contributed by atoms with Crippen molar-refractivity contribution in [2.45, 2.75) is 92.4 Å². The van der Waals surface area contributed by atoms with Gasteiger partial charge in [0.2, 0.25) is 11.4 Å². The summed E-state index contributed by atoms with van der Waals surface area (Å²) in [5.41, 5.74) is 13.2. The maximum absolute atomic E-state index is 6.87. The van der Waals surface area contributed by atoms with Gasteiger partial charge >= 0.3 is 0 Å². The number of benzene rings is 5. The molecular formula is C50H51N4OPt-. The number of hydrogen-bond acceptors (Lipinski definition) is 2. The van der Waals surface area contributed by atoms with E-state index in [1.165, 1.54) is 44.9 Å². The van der Waals surface area contributed by atoms with Crippen LogP contribution in [0.15, 0.2) is 103 Å². The molecule has 0 amide bonds. The molecular weight excluding hydrogens is 868 g/mol. The number of hydrogen-bond donors (Lipinski definition) is 0. The predicted octanol–water partition coefficient (Wildman–Crippen LogP) is 13.4. The van der Waals surface area contributed by atoms with Crippen molar-refractivity contribution in [3.8, 4) is 17.3 Å². The van der Waals surface area contributed by atoms with E-state index in [4.69, 9.17) is 9.72 Å². The third-order valence-electron chi connectivity index (χ3n) is 11.9. The topological polar surface area (TPSA) is 27.1 Å². The molecule has 2 atom stereocenters. The second kappa shape index (κ2) is 12.7. The van der Waals surface area contributed by atoms with E-state index >= 15 is 0 Å². The molecule has 5 aromatic carbocycles. The molecule has 0 saturated carbocycles. The van der Waals surface area contributed by atoms with Crippen LogP contribution in [-0.2, 0) is 37.3 Å². The van der Waals surface area contributed by atoms with E-state index in [1.54, 1.807) is 0 Å². The van der Waals surface area contributed by atoms with E-state index in [1.807, 2.05) is 12.3 Å². The van der Waals surface area contributed by atoms with Gasteiger partial charge in [-0.3, -0.25) is 0 Å². The summed E-state index contributed by atoms with van der Waals surface area (Å²) in [5.74, 6) is 2.19. The van der Waals surface area contributed by atoms with Gasteiger partial charge in [0.1, 0.15) is 5.82 Å². The van der Waals surface area contributed by atoms with E-state index in [9.17, 15) is 0 Å². The van der Waals surface area contributed by atoms with Crippen LogP contribution in [-0.4, -0.2) is 9.55 Å². The maximum Gasteiger partial charge on any atom is 0.225 e. The number of pyridine rings is 1. The standard InChI is InChI=1S/C50H51N4O.Pt/c1-32-23-45-46(24-33(32)2)54(31-53(45,54)37-16-14-15-34(25-37)48(3,4)5)38-26-36(50(9,10)11)27-40(29-38)55-39-19-20-42-41-17-12-13-18-43(41)52(44(42)30-39)47-28-35(21-22-51-47)49(6,7)8;/h12-28,31H,1-11H3;/q-1;/t53-,54?;/m0./s1. The van der Waals surface area contributed by atoms with Crippen LogP contribution >= 0.6 is 0 Å². The van der Waals surface area contributed by atoms with Crippen molar-refractivity contribution in [3.05, 3.63) is 150 Å². The van der Waals surface area contributed by atoms with Crippen LogP contribution in [0, 0.1) is 32.6 Å². The van der Waals surface area contributed by atoms with E-state index in [0.29, 0.717) is 20.7 Å². The average molecular weight is 919 g/mol. The van der Waals surface area contributed by atoms with Gasteiger partial charge in [-0.05, 0) is 75.9 Å². The fourth-order valence-electron chi connectivity index (χ4n) is 8.40. The minimum atomic E-state index is -0.126. The van der Waals surface area contributed by atoms with Gasteiger partial charge in [-0.1, -0.05) is 104 Å². The van der Waals surface area contributed by atoms with Crippen LogP contribution in [0.25, 0.3) is 27.6 Å². The molecule has 9 rings (SSSR count). The first-order chi connectivity index (χ1) is 25.9. The molecule has 0 bridgehead atoms. The van der Waals surface area contributed by atoms with Gasteiger partial charge in [0, 0.05) is 68.5 Å². The van der Waals surface area contributed by atoms with Crippen LogP contribution in [0.1, 0.15) is 90.1 Å². The third kappa shape index (κ3) is 5.72. The van der Waals surface area contributed by atoms with E-state index < -0.39 is 0 Å². The van der Waals surface area contributed by atoms with Crippen LogP contribution in [0.5, 0.6) is 11.5 Å². The molecule has 0 N–H and O–H groups in total. The molecule has 1 saturated heterocycles. The second-order valence-corrected chi connectivity index (χ2v) is 18.8. The Hall–Kier alpha value is -4.54. The number of aryl methyl sites for hydroxylation is 2. The smallest absolute Gasteiger partial charge is 0.225 e. The van der Waals surface area contributed by atoms with Crippen molar-refractivity contribution < 1.29 is 25.8 Å². The van der Waals surface area contributed by atoms with Crippen molar-refractivity contribution in [3.63, 3.8) is 0 Å². The summed E-state index contributed by atoms with van der Waals surface area (Å²) < 4.78 is 10.3. The van der Waals surface area contributed by atoms with Crippen LogP contribution in [0.4, 0.5) is 22.7 Å². The summed E-state index contributed by atoms with van der Waals surface area (Å²) >= 11 is 0. The van der Waals surface area contributed by atoms with Gasteiger partial charge in [-0.2, -0.15) is 10.7 Å². The van der Waals surface area contributed by atoms with Gasteiger partial charge in [-0.15, -0.1) is 35.2 Å². The number of rotatable bonds is 5. The van der Waals surface area contributed by atoms with E-state index in [2.05, 4.69) is 191 Å². The second-order valence-electron chi connectivity index (χ2n) is 18.8. The molecule has 4 heterocycles. The van der Waals surface area contributed by atoms with Gasteiger partial charge in [-0.25, -0.2) is 9.58 Å². The molecule has 0 radical (unpaired) electrons. The van der Waals surface area contributed by atoms with Crippen molar-refractivity contribution in [1.82, 2.24) is 18.7 Å². The first-order valence-electron chi connectivity index (χ1n) is 19.5. The van der Waals surface area contributed by atoms with Gasteiger partial charge in [0.25, 0.3) is 0 Å². The molecule has 7 aromatic rings. The molecule has 6 heteroatoms. The minimum Gasteiger partial charge on any atom is -0.509 e. The Balaban J connectivity index is 0.00000441. The Morgan fingerprint density at radius 1 is 0.607 bits per heavy atom. The number of nitrogens with zero attached hydrogens (tertiary/aromatic N) is 4. The maximum atomic E-state index is 6.87. The number of fused-ring (bicyclic) bond motifs is 7. The average Bonchev–Trinajstić information content (AvgIpc) is 3.64. The zero-order valence-corrected chi connectivity index (χ0v) is 36.7. The zero-order chi connectivity index (χ0) is 38.9. The van der Waals surface area contributed by atoms with Gasteiger partial charge < -0.3 is 9.30 Å². The van der Waals surface area contributed by atoms with Crippen molar-refractivity contribution in [1.29, 1.82) is 0 Å². The summed E-state index contributed by atoms with van der Waals surface area (Å²) in [7, 11) is 0. The summed E-state index contributed by atoms with van der Waals surface area (Å²) in [4.78, 5) is 4.88. The Morgan fingerprint density at radius 2 is 1.27 bits per heavy atom. The summed E-state index contributed by atoms with van der Waals surface area (Å²) in [6, 6.07) is 42.9.